The minimum absolute atomic E-state index is 0.0257. The molecule has 6 aliphatic rings. The fraction of sp³-hybridized carbons (Fsp3) is 0.850. The molecule has 6 heteroatoms. The maximum atomic E-state index is 13.4. The van der Waals surface area contributed by atoms with Crippen molar-refractivity contribution in [3.8, 4) is 0 Å². The lowest BCUT2D eigenvalue weighted by molar-refractivity contribution is -0.160. The Bertz CT molecular complexity index is 603. The van der Waals surface area contributed by atoms with Crippen LogP contribution in [0.25, 0.3) is 0 Å². The number of carbonyl (C=O) groups is 3. The molecule has 2 aliphatic heterocycles. The van der Waals surface area contributed by atoms with Crippen molar-refractivity contribution in [2.24, 2.45) is 23.2 Å². The maximum Gasteiger partial charge on any atom is 0.245 e. The summed E-state index contributed by atoms with van der Waals surface area (Å²) in [4.78, 5) is 41.2. The van der Waals surface area contributed by atoms with Crippen molar-refractivity contribution in [2.75, 3.05) is 26.2 Å². The quantitative estimate of drug-likeness (QED) is 0.804. The summed E-state index contributed by atoms with van der Waals surface area (Å²) < 4.78 is 0. The minimum Gasteiger partial charge on any atom is -0.344 e. The number of nitrogens with zero attached hydrogens (tertiary/aromatic N) is 2. The third kappa shape index (κ3) is 2.64. The maximum absolute atomic E-state index is 13.4. The molecule has 0 aromatic carbocycles. The number of piperazine rings is 1. The molecular weight excluding hydrogens is 330 g/mol. The van der Waals surface area contributed by atoms with Crippen LogP contribution in [0.3, 0.4) is 0 Å². The molecule has 26 heavy (non-hydrogen) atoms. The van der Waals surface area contributed by atoms with Crippen LogP contribution in [0.5, 0.6) is 0 Å². The summed E-state index contributed by atoms with van der Waals surface area (Å²) in [6, 6.07) is -0.354. The summed E-state index contributed by atoms with van der Waals surface area (Å²) in [5.41, 5.74) is -0.0830. The lowest BCUT2D eigenvalue weighted by Gasteiger charge is -2.57. The molecule has 0 spiro atoms. The van der Waals surface area contributed by atoms with Gasteiger partial charge in [0.2, 0.25) is 17.7 Å². The topological polar surface area (TPSA) is 69.7 Å². The van der Waals surface area contributed by atoms with Gasteiger partial charge in [-0.1, -0.05) is 0 Å². The Morgan fingerprint density at radius 3 is 1.92 bits per heavy atom. The second-order valence-corrected chi connectivity index (χ2v) is 9.47. The van der Waals surface area contributed by atoms with E-state index < -0.39 is 0 Å². The van der Waals surface area contributed by atoms with E-state index in [1.54, 1.807) is 0 Å². The van der Waals surface area contributed by atoms with Crippen LogP contribution in [0.15, 0.2) is 0 Å². The molecule has 6 fully saturated rings. The van der Waals surface area contributed by atoms with Gasteiger partial charge in [-0.3, -0.25) is 14.4 Å². The number of carbonyl (C=O) groups excluding carboxylic acids is 3. The molecule has 2 saturated heterocycles. The first-order valence-electron chi connectivity index (χ1n) is 10.4. The van der Waals surface area contributed by atoms with E-state index in [1.165, 1.54) is 19.3 Å². The Kier molecular flexibility index (Phi) is 3.80. The molecule has 0 aromatic heterocycles. The van der Waals surface area contributed by atoms with E-state index in [0.29, 0.717) is 44.9 Å². The first-order chi connectivity index (χ1) is 12.5. The first kappa shape index (κ1) is 16.6. The van der Waals surface area contributed by atoms with Crippen LogP contribution >= 0.6 is 0 Å². The van der Waals surface area contributed by atoms with Gasteiger partial charge >= 0.3 is 0 Å². The number of hydrogen-bond acceptors (Lipinski definition) is 3. The Morgan fingerprint density at radius 2 is 1.42 bits per heavy atom. The van der Waals surface area contributed by atoms with Crippen molar-refractivity contribution >= 4 is 17.7 Å². The van der Waals surface area contributed by atoms with Gasteiger partial charge in [0, 0.05) is 32.6 Å². The fourth-order valence-corrected chi connectivity index (χ4v) is 6.86. The van der Waals surface area contributed by atoms with Gasteiger partial charge in [-0.2, -0.15) is 0 Å². The molecule has 3 amide bonds. The lowest BCUT2D eigenvalue weighted by atomic mass is 9.49. The zero-order valence-corrected chi connectivity index (χ0v) is 15.4. The van der Waals surface area contributed by atoms with Crippen LogP contribution in [-0.2, 0) is 14.4 Å². The second-order valence-electron chi connectivity index (χ2n) is 9.47. The van der Waals surface area contributed by atoms with Gasteiger partial charge < -0.3 is 15.1 Å². The van der Waals surface area contributed by atoms with Crippen LogP contribution < -0.4 is 5.32 Å². The van der Waals surface area contributed by atoms with E-state index in [4.69, 9.17) is 0 Å². The molecule has 4 aliphatic carbocycles. The summed E-state index contributed by atoms with van der Waals surface area (Å²) in [5.74, 6) is 2.70. The monoisotopic (exact) mass is 359 g/mol. The molecule has 1 atom stereocenters. The van der Waals surface area contributed by atoms with Crippen molar-refractivity contribution in [3.63, 3.8) is 0 Å². The summed E-state index contributed by atoms with van der Waals surface area (Å²) in [5, 5.41) is 2.76. The SMILES string of the molecule is O=C1CCC(C(=O)N2CCN(C(=O)C34CC5CC(CC(C5)C3)C4)CC2)N1. The highest BCUT2D eigenvalue weighted by atomic mass is 16.2. The Morgan fingerprint density at radius 1 is 0.885 bits per heavy atom. The molecule has 1 N–H and O–H groups in total. The Hall–Kier alpha value is -1.59. The van der Waals surface area contributed by atoms with Crippen LogP contribution in [0.4, 0.5) is 0 Å². The molecule has 6 nitrogen and oxygen atoms in total. The number of amides is 3. The summed E-state index contributed by atoms with van der Waals surface area (Å²) in [6.45, 7) is 2.49. The molecule has 4 bridgehead atoms. The van der Waals surface area contributed by atoms with Gasteiger partial charge in [-0.25, -0.2) is 0 Å². The van der Waals surface area contributed by atoms with Gasteiger partial charge in [-0.05, 0) is 62.7 Å². The molecule has 2 heterocycles. The summed E-state index contributed by atoms with van der Waals surface area (Å²) >= 11 is 0. The average Bonchev–Trinajstić information content (AvgIpc) is 3.06. The first-order valence-corrected chi connectivity index (χ1v) is 10.4. The van der Waals surface area contributed by atoms with Gasteiger partial charge in [0.25, 0.3) is 0 Å². The number of rotatable bonds is 2. The lowest BCUT2D eigenvalue weighted by Crippen LogP contribution is -2.59. The smallest absolute Gasteiger partial charge is 0.245 e. The van der Waals surface area contributed by atoms with Crippen LogP contribution in [-0.4, -0.2) is 59.7 Å². The zero-order valence-electron chi connectivity index (χ0n) is 15.4. The predicted molar refractivity (Wildman–Crippen MR) is 94.9 cm³/mol. The Labute approximate surface area is 154 Å². The molecule has 6 rings (SSSR count). The highest BCUT2D eigenvalue weighted by Crippen LogP contribution is 2.60. The number of nitrogens with one attached hydrogen (secondary N) is 1. The molecule has 0 aromatic rings. The van der Waals surface area contributed by atoms with E-state index in [0.717, 1.165) is 37.0 Å². The van der Waals surface area contributed by atoms with Crippen molar-refractivity contribution in [3.05, 3.63) is 0 Å². The predicted octanol–water partition coefficient (Wildman–Crippen LogP) is 1.15. The third-order valence-electron chi connectivity index (χ3n) is 7.66. The van der Waals surface area contributed by atoms with Gasteiger partial charge in [-0.15, -0.1) is 0 Å². The fourth-order valence-electron chi connectivity index (χ4n) is 6.86. The number of hydrogen-bond donors (Lipinski definition) is 1. The molecule has 0 radical (unpaired) electrons. The van der Waals surface area contributed by atoms with Gasteiger partial charge in [0.1, 0.15) is 6.04 Å². The largest absolute Gasteiger partial charge is 0.344 e. The summed E-state index contributed by atoms with van der Waals surface area (Å²) in [7, 11) is 0. The highest BCUT2D eigenvalue weighted by molar-refractivity contribution is 5.91. The van der Waals surface area contributed by atoms with Crippen LogP contribution in [0, 0.1) is 23.2 Å². The zero-order chi connectivity index (χ0) is 17.9. The van der Waals surface area contributed by atoms with Gasteiger partial charge in [0.15, 0.2) is 0 Å². The van der Waals surface area contributed by atoms with Crippen molar-refractivity contribution < 1.29 is 14.4 Å². The van der Waals surface area contributed by atoms with Crippen molar-refractivity contribution in [1.29, 1.82) is 0 Å². The summed E-state index contributed by atoms with van der Waals surface area (Å²) in [6.07, 6.45) is 8.40. The standard InChI is InChI=1S/C20H29N3O3/c24-17-2-1-16(21-17)18(25)22-3-5-23(6-4-22)19(26)20-10-13-7-14(11-20)9-15(8-13)12-20/h13-16H,1-12H2,(H,21,24). The van der Waals surface area contributed by atoms with Gasteiger partial charge in [0.05, 0.1) is 5.41 Å². The molecule has 142 valence electrons. The third-order valence-corrected chi connectivity index (χ3v) is 7.66. The van der Waals surface area contributed by atoms with E-state index in [9.17, 15) is 14.4 Å². The van der Waals surface area contributed by atoms with E-state index in [2.05, 4.69) is 5.32 Å². The van der Waals surface area contributed by atoms with E-state index in [1.807, 2.05) is 9.80 Å². The molecule has 4 saturated carbocycles. The molecular formula is C20H29N3O3. The Balaban J connectivity index is 1.21. The second kappa shape index (κ2) is 5.96. The van der Waals surface area contributed by atoms with Crippen molar-refractivity contribution in [1.82, 2.24) is 15.1 Å². The van der Waals surface area contributed by atoms with E-state index >= 15 is 0 Å². The normalized spacial score (nSPS) is 41.5. The van der Waals surface area contributed by atoms with Crippen molar-refractivity contribution in [2.45, 2.75) is 57.4 Å². The molecule has 1 unspecified atom stereocenters. The minimum atomic E-state index is -0.354. The van der Waals surface area contributed by atoms with E-state index in [-0.39, 0.29) is 23.3 Å². The highest BCUT2D eigenvalue weighted by Gasteiger charge is 2.55. The van der Waals surface area contributed by atoms with Crippen LogP contribution in [0.1, 0.15) is 51.4 Å². The average molecular weight is 359 g/mol. The van der Waals surface area contributed by atoms with Crippen LogP contribution in [0.2, 0.25) is 0 Å².